The lowest BCUT2D eigenvalue weighted by Gasteiger charge is -2.07. The van der Waals surface area contributed by atoms with E-state index in [0.29, 0.717) is 12.3 Å². The van der Waals surface area contributed by atoms with Gasteiger partial charge in [-0.25, -0.2) is 8.78 Å². The van der Waals surface area contributed by atoms with Crippen molar-refractivity contribution in [1.29, 1.82) is 0 Å². The van der Waals surface area contributed by atoms with Crippen molar-refractivity contribution in [3.63, 3.8) is 0 Å². The first kappa shape index (κ1) is 18.3. The van der Waals surface area contributed by atoms with Gasteiger partial charge in [-0.15, -0.1) is 0 Å². The Kier molecular flexibility index (Phi) is 6.42. The summed E-state index contributed by atoms with van der Waals surface area (Å²) in [7, 11) is 0. The van der Waals surface area contributed by atoms with Crippen molar-refractivity contribution in [3.05, 3.63) is 29.8 Å². The molecule has 2 N–H and O–H groups in total. The Balaban J connectivity index is 2.34. The molecule has 0 aliphatic carbocycles. The molecular formula is C12H10F5N3O3. The molecule has 0 heterocycles. The minimum atomic E-state index is -4.56. The topological polar surface area (TPSA) is 79.8 Å². The standard InChI is InChI=1S/C12H10F5N3O3/c13-7-1-2-9(8(14)3-7)20-10(21)4-19-23-5-11(22)18-6-12(15,16)17/h1-4H,5-6H2,(H,18,22)(H,20,21)/b19-4+. The number of amides is 2. The van der Waals surface area contributed by atoms with Gasteiger partial charge in [-0.1, -0.05) is 5.16 Å². The Morgan fingerprint density at radius 1 is 1.26 bits per heavy atom. The van der Waals surface area contributed by atoms with Gasteiger partial charge in [0.15, 0.2) is 6.61 Å². The largest absolute Gasteiger partial charge is 0.405 e. The number of rotatable bonds is 6. The predicted octanol–water partition coefficient (Wildman–Crippen LogP) is 1.58. The average molecular weight is 339 g/mol. The van der Waals surface area contributed by atoms with E-state index in [9.17, 15) is 31.5 Å². The molecule has 0 spiro atoms. The lowest BCUT2D eigenvalue weighted by atomic mass is 10.3. The Bertz CT molecular complexity index is 604. The number of nitrogens with one attached hydrogen (secondary N) is 2. The molecule has 0 atom stereocenters. The van der Waals surface area contributed by atoms with Crippen LogP contribution in [0.1, 0.15) is 0 Å². The van der Waals surface area contributed by atoms with Crippen LogP contribution in [0.3, 0.4) is 0 Å². The first-order valence-electron chi connectivity index (χ1n) is 5.92. The van der Waals surface area contributed by atoms with Crippen LogP contribution < -0.4 is 10.6 Å². The number of carbonyl (C=O) groups is 2. The van der Waals surface area contributed by atoms with Crippen LogP contribution in [-0.4, -0.2) is 37.4 Å². The molecule has 0 bridgehead atoms. The van der Waals surface area contributed by atoms with Crippen LogP contribution in [0.2, 0.25) is 0 Å². The van der Waals surface area contributed by atoms with E-state index in [2.05, 4.69) is 9.99 Å². The van der Waals surface area contributed by atoms with E-state index >= 15 is 0 Å². The molecule has 0 saturated carbocycles. The second-order valence-electron chi connectivity index (χ2n) is 4.01. The van der Waals surface area contributed by atoms with Crippen LogP contribution in [0.15, 0.2) is 23.4 Å². The summed E-state index contributed by atoms with van der Waals surface area (Å²) in [6.07, 6.45) is -4.03. The van der Waals surface area contributed by atoms with Crippen LogP contribution in [0.5, 0.6) is 0 Å². The fraction of sp³-hybridized carbons (Fsp3) is 0.250. The highest BCUT2D eigenvalue weighted by Crippen LogP contribution is 2.14. The molecule has 1 rings (SSSR count). The highest BCUT2D eigenvalue weighted by molar-refractivity contribution is 6.31. The minimum Gasteiger partial charge on any atom is -0.386 e. The van der Waals surface area contributed by atoms with Crippen molar-refractivity contribution in [1.82, 2.24) is 5.32 Å². The number of hydrogen-bond donors (Lipinski definition) is 2. The summed E-state index contributed by atoms with van der Waals surface area (Å²) >= 11 is 0. The second-order valence-corrected chi connectivity index (χ2v) is 4.01. The maximum atomic E-state index is 13.2. The molecule has 6 nitrogen and oxygen atoms in total. The molecule has 0 radical (unpaired) electrons. The SMILES string of the molecule is O=C(/C=N/OCC(=O)NCC(F)(F)F)Nc1ccc(F)cc1F. The number of hydrogen-bond acceptors (Lipinski definition) is 4. The van der Waals surface area contributed by atoms with E-state index in [-0.39, 0.29) is 5.69 Å². The molecule has 0 fully saturated rings. The number of alkyl halides is 3. The van der Waals surface area contributed by atoms with E-state index < -0.39 is 42.8 Å². The van der Waals surface area contributed by atoms with Gasteiger partial charge >= 0.3 is 6.18 Å². The number of halogens is 5. The summed E-state index contributed by atoms with van der Waals surface area (Å²) in [5.41, 5.74) is -0.314. The first-order valence-corrected chi connectivity index (χ1v) is 5.92. The molecule has 11 heteroatoms. The predicted molar refractivity (Wildman–Crippen MR) is 68.5 cm³/mol. The summed E-state index contributed by atoms with van der Waals surface area (Å²) in [6, 6.07) is 2.44. The quantitative estimate of drug-likeness (QED) is 0.469. The minimum absolute atomic E-state index is 0.314. The number of carbonyl (C=O) groups excluding carboxylic acids is 2. The molecule has 0 aliphatic rings. The Morgan fingerprint density at radius 2 is 1.96 bits per heavy atom. The van der Waals surface area contributed by atoms with Crippen LogP contribution in [0.4, 0.5) is 27.6 Å². The van der Waals surface area contributed by atoms with Gasteiger partial charge in [0.2, 0.25) is 0 Å². The van der Waals surface area contributed by atoms with Gasteiger partial charge in [0, 0.05) is 6.07 Å². The van der Waals surface area contributed by atoms with Crippen LogP contribution in [0, 0.1) is 11.6 Å². The van der Waals surface area contributed by atoms with Gasteiger partial charge in [0.25, 0.3) is 11.8 Å². The Hall–Kier alpha value is -2.72. The zero-order valence-electron chi connectivity index (χ0n) is 11.3. The number of nitrogens with zero attached hydrogens (tertiary/aromatic N) is 1. The Labute approximate surface area is 126 Å². The van der Waals surface area contributed by atoms with Gasteiger partial charge in [-0.2, -0.15) is 13.2 Å². The smallest absolute Gasteiger partial charge is 0.386 e. The molecule has 0 saturated heterocycles. The van der Waals surface area contributed by atoms with Crippen LogP contribution in [0.25, 0.3) is 0 Å². The maximum absolute atomic E-state index is 13.2. The Morgan fingerprint density at radius 3 is 2.57 bits per heavy atom. The van der Waals surface area contributed by atoms with Crippen molar-refractivity contribution in [2.24, 2.45) is 5.16 Å². The molecule has 0 aromatic heterocycles. The van der Waals surface area contributed by atoms with Crippen molar-refractivity contribution >= 4 is 23.7 Å². The van der Waals surface area contributed by atoms with Gasteiger partial charge in [0.05, 0.1) is 5.69 Å². The van der Waals surface area contributed by atoms with Gasteiger partial charge in [0.1, 0.15) is 24.4 Å². The molecule has 126 valence electrons. The highest BCUT2D eigenvalue weighted by Gasteiger charge is 2.27. The van der Waals surface area contributed by atoms with Crippen molar-refractivity contribution in [2.75, 3.05) is 18.5 Å². The molecule has 2 amide bonds. The van der Waals surface area contributed by atoms with Crippen molar-refractivity contribution < 1.29 is 36.4 Å². The fourth-order valence-electron chi connectivity index (χ4n) is 1.19. The summed E-state index contributed by atoms with van der Waals surface area (Å²) < 4.78 is 61.2. The molecule has 23 heavy (non-hydrogen) atoms. The van der Waals surface area contributed by atoms with E-state index in [1.54, 1.807) is 0 Å². The number of benzene rings is 1. The summed E-state index contributed by atoms with van der Waals surface area (Å²) in [5.74, 6) is -3.89. The second kappa shape index (κ2) is 8.06. The van der Waals surface area contributed by atoms with E-state index in [0.717, 1.165) is 12.1 Å². The molecule has 0 aliphatic heterocycles. The molecule has 1 aromatic rings. The summed E-state index contributed by atoms with van der Waals surface area (Å²) in [4.78, 5) is 26.5. The lowest BCUT2D eigenvalue weighted by molar-refractivity contribution is -0.141. The van der Waals surface area contributed by atoms with Gasteiger partial charge in [-0.05, 0) is 12.1 Å². The normalized spacial score (nSPS) is 11.3. The number of oxime groups is 1. The molecule has 1 aromatic carbocycles. The summed E-state index contributed by atoms with van der Waals surface area (Å²) in [5, 5.41) is 6.55. The first-order chi connectivity index (χ1) is 10.7. The average Bonchev–Trinajstić information content (AvgIpc) is 2.44. The third-order valence-electron chi connectivity index (χ3n) is 2.12. The molecule has 0 unspecified atom stereocenters. The monoisotopic (exact) mass is 339 g/mol. The van der Waals surface area contributed by atoms with Crippen LogP contribution in [-0.2, 0) is 14.4 Å². The highest BCUT2D eigenvalue weighted by atomic mass is 19.4. The zero-order valence-corrected chi connectivity index (χ0v) is 11.3. The van der Waals surface area contributed by atoms with E-state index in [4.69, 9.17) is 0 Å². The number of anilines is 1. The maximum Gasteiger partial charge on any atom is 0.405 e. The van der Waals surface area contributed by atoms with Crippen molar-refractivity contribution in [2.45, 2.75) is 6.18 Å². The van der Waals surface area contributed by atoms with E-state index in [1.807, 2.05) is 5.32 Å². The third-order valence-corrected chi connectivity index (χ3v) is 2.12. The zero-order chi connectivity index (χ0) is 17.5. The third kappa shape index (κ3) is 7.74. The van der Waals surface area contributed by atoms with Gasteiger partial charge < -0.3 is 15.5 Å². The van der Waals surface area contributed by atoms with Gasteiger partial charge in [-0.3, -0.25) is 9.59 Å². The molecular weight excluding hydrogens is 329 g/mol. The van der Waals surface area contributed by atoms with E-state index in [1.165, 1.54) is 5.32 Å². The fourth-order valence-corrected chi connectivity index (χ4v) is 1.19. The van der Waals surface area contributed by atoms with Crippen LogP contribution >= 0.6 is 0 Å². The summed E-state index contributed by atoms with van der Waals surface area (Å²) in [6.45, 7) is -2.37. The van der Waals surface area contributed by atoms with Crippen molar-refractivity contribution in [3.8, 4) is 0 Å². The lowest BCUT2D eigenvalue weighted by Crippen LogP contribution is -2.35.